The van der Waals surface area contributed by atoms with E-state index in [1.54, 1.807) is 19.2 Å². The van der Waals surface area contributed by atoms with Crippen molar-refractivity contribution in [3.63, 3.8) is 0 Å². The Morgan fingerprint density at radius 2 is 1.90 bits per heavy atom. The molecule has 0 amide bonds. The van der Waals surface area contributed by atoms with Crippen molar-refractivity contribution in [1.82, 2.24) is 9.97 Å². The molecule has 5 nitrogen and oxygen atoms in total. The summed E-state index contributed by atoms with van der Waals surface area (Å²) in [6.07, 6.45) is 0. The number of hydrogen-bond acceptors (Lipinski definition) is 5. The number of anilines is 1. The lowest BCUT2D eigenvalue weighted by molar-refractivity contribution is 0.355. The summed E-state index contributed by atoms with van der Waals surface area (Å²) in [5.74, 6) is 1.84. The van der Waals surface area contributed by atoms with Gasteiger partial charge in [0.25, 0.3) is 0 Å². The van der Waals surface area contributed by atoms with Gasteiger partial charge >= 0.3 is 0 Å². The maximum absolute atomic E-state index is 6.17. The molecule has 106 valence electrons. The third-order valence-corrected chi connectivity index (χ3v) is 4.00. The van der Waals surface area contributed by atoms with Crippen LogP contribution in [0, 0.1) is 6.92 Å². The second-order valence-electron chi connectivity index (χ2n) is 4.03. The first-order chi connectivity index (χ1) is 9.47. The van der Waals surface area contributed by atoms with Crippen LogP contribution in [0.1, 0.15) is 5.69 Å². The minimum atomic E-state index is 0.374. The van der Waals surface area contributed by atoms with Crippen LogP contribution in [-0.4, -0.2) is 24.2 Å². The number of halogens is 2. The maximum atomic E-state index is 6.17. The molecule has 0 unspecified atom stereocenters. The molecule has 0 aliphatic carbocycles. The highest BCUT2D eigenvalue weighted by Crippen LogP contribution is 2.38. The highest BCUT2D eigenvalue weighted by molar-refractivity contribution is 9.10. The zero-order valence-corrected chi connectivity index (χ0v) is 13.5. The molecular formula is C13H13BrClN3O2. The summed E-state index contributed by atoms with van der Waals surface area (Å²) < 4.78 is 11.1. The van der Waals surface area contributed by atoms with Crippen LogP contribution < -0.4 is 15.2 Å². The molecule has 0 spiro atoms. The first kappa shape index (κ1) is 14.9. The Balaban J connectivity index is 2.62. The van der Waals surface area contributed by atoms with Gasteiger partial charge in [-0.1, -0.05) is 11.6 Å². The molecule has 1 heterocycles. The van der Waals surface area contributed by atoms with Gasteiger partial charge < -0.3 is 15.2 Å². The van der Waals surface area contributed by atoms with Gasteiger partial charge in [-0.05, 0) is 35.0 Å². The molecule has 2 aromatic rings. The second-order valence-corrected chi connectivity index (χ2v) is 5.23. The summed E-state index contributed by atoms with van der Waals surface area (Å²) in [4.78, 5) is 8.62. The van der Waals surface area contributed by atoms with Gasteiger partial charge in [-0.25, -0.2) is 9.97 Å². The molecule has 0 bridgehead atoms. The summed E-state index contributed by atoms with van der Waals surface area (Å²) in [7, 11) is 3.07. The number of ether oxygens (including phenoxy) is 2. The molecule has 2 N–H and O–H groups in total. The minimum absolute atomic E-state index is 0.374. The monoisotopic (exact) mass is 357 g/mol. The molecule has 20 heavy (non-hydrogen) atoms. The molecule has 0 aliphatic rings. The average molecular weight is 359 g/mol. The lowest BCUT2D eigenvalue weighted by atomic mass is 10.2. The Hall–Kier alpha value is -1.53. The number of aryl methyl sites for hydroxylation is 1. The van der Waals surface area contributed by atoms with Crippen LogP contribution in [0.2, 0.25) is 5.02 Å². The number of benzene rings is 1. The Morgan fingerprint density at radius 1 is 1.20 bits per heavy atom. The van der Waals surface area contributed by atoms with E-state index in [2.05, 4.69) is 25.9 Å². The molecule has 0 saturated carbocycles. The van der Waals surface area contributed by atoms with Crippen LogP contribution in [0.4, 0.5) is 5.82 Å². The first-order valence-corrected chi connectivity index (χ1v) is 6.86. The Bertz CT molecular complexity index is 641. The maximum Gasteiger partial charge on any atom is 0.179 e. The van der Waals surface area contributed by atoms with Crippen LogP contribution in [-0.2, 0) is 0 Å². The molecule has 2 rings (SSSR count). The van der Waals surface area contributed by atoms with E-state index in [1.807, 2.05) is 6.92 Å². The molecule has 7 heteroatoms. The fourth-order valence-corrected chi connectivity index (χ4v) is 2.22. The number of nitrogen functional groups attached to an aromatic ring is 1. The van der Waals surface area contributed by atoms with Crippen molar-refractivity contribution in [2.24, 2.45) is 0 Å². The van der Waals surface area contributed by atoms with Gasteiger partial charge in [0.2, 0.25) is 0 Å². The van der Waals surface area contributed by atoms with Gasteiger partial charge in [-0.3, -0.25) is 0 Å². The van der Waals surface area contributed by atoms with E-state index in [4.69, 9.17) is 26.8 Å². The van der Waals surface area contributed by atoms with Crippen LogP contribution in [0.3, 0.4) is 0 Å². The zero-order chi connectivity index (χ0) is 14.9. The standard InChI is InChI=1S/C13H13BrClN3O2/c1-6-10(14)12(16)18-13(17-6)7-4-8(15)11(20-3)9(5-7)19-2/h4-5H,1-3H3,(H2,16,17,18). The number of aromatic nitrogens is 2. The third kappa shape index (κ3) is 2.66. The van der Waals surface area contributed by atoms with E-state index in [0.29, 0.717) is 38.2 Å². The summed E-state index contributed by atoms with van der Waals surface area (Å²) in [5, 5.41) is 0.421. The molecule has 0 aliphatic heterocycles. The molecular weight excluding hydrogens is 346 g/mol. The van der Waals surface area contributed by atoms with Gasteiger partial charge in [0.15, 0.2) is 17.3 Å². The Kier molecular flexibility index (Phi) is 4.35. The van der Waals surface area contributed by atoms with Gasteiger partial charge in [0.05, 0.1) is 29.4 Å². The third-order valence-electron chi connectivity index (χ3n) is 2.73. The van der Waals surface area contributed by atoms with Crippen LogP contribution in [0.25, 0.3) is 11.4 Å². The van der Waals surface area contributed by atoms with Crippen LogP contribution in [0.15, 0.2) is 16.6 Å². The number of nitrogens with two attached hydrogens (primary N) is 1. The van der Waals surface area contributed by atoms with Crippen LogP contribution in [0.5, 0.6) is 11.5 Å². The molecule has 0 atom stereocenters. The van der Waals surface area contributed by atoms with Crippen molar-refractivity contribution in [1.29, 1.82) is 0 Å². The average Bonchev–Trinajstić information content (AvgIpc) is 2.43. The molecule has 1 aromatic heterocycles. The number of rotatable bonds is 3. The first-order valence-electron chi connectivity index (χ1n) is 5.69. The lowest BCUT2D eigenvalue weighted by Gasteiger charge is -2.12. The highest BCUT2D eigenvalue weighted by Gasteiger charge is 2.15. The largest absolute Gasteiger partial charge is 0.493 e. The fraction of sp³-hybridized carbons (Fsp3) is 0.231. The number of methoxy groups -OCH3 is 2. The summed E-state index contributed by atoms with van der Waals surface area (Å²) >= 11 is 9.50. The van der Waals surface area contributed by atoms with Crippen LogP contribution >= 0.6 is 27.5 Å². The second kappa shape index (κ2) is 5.85. The van der Waals surface area contributed by atoms with Gasteiger partial charge in [0, 0.05) is 5.56 Å². The summed E-state index contributed by atoms with van der Waals surface area (Å²) in [6.45, 7) is 1.84. The van der Waals surface area contributed by atoms with E-state index >= 15 is 0 Å². The zero-order valence-electron chi connectivity index (χ0n) is 11.2. The topological polar surface area (TPSA) is 70.3 Å². The highest BCUT2D eigenvalue weighted by atomic mass is 79.9. The van der Waals surface area contributed by atoms with Crippen molar-refractivity contribution in [2.75, 3.05) is 20.0 Å². The molecule has 0 fully saturated rings. The van der Waals surface area contributed by atoms with Crippen molar-refractivity contribution in [3.05, 3.63) is 27.3 Å². The van der Waals surface area contributed by atoms with E-state index in [-0.39, 0.29) is 0 Å². The quantitative estimate of drug-likeness (QED) is 0.910. The Morgan fingerprint density at radius 3 is 2.45 bits per heavy atom. The number of hydrogen-bond donors (Lipinski definition) is 1. The summed E-state index contributed by atoms with van der Waals surface area (Å²) in [6, 6.07) is 3.47. The normalized spacial score (nSPS) is 10.4. The van der Waals surface area contributed by atoms with E-state index in [0.717, 1.165) is 5.69 Å². The molecule has 1 aromatic carbocycles. The minimum Gasteiger partial charge on any atom is -0.493 e. The molecule has 0 radical (unpaired) electrons. The molecule has 0 saturated heterocycles. The van der Waals surface area contributed by atoms with E-state index < -0.39 is 0 Å². The SMILES string of the molecule is COc1cc(-c2nc(C)c(Br)c(N)n2)cc(Cl)c1OC. The van der Waals surface area contributed by atoms with Crippen molar-refractivity contribution < 1.29 is 9.47 Å². The van der Waals surface area contributed by atoms with Crippen molar-refractivity contribution in [2.45, 2.75) is 6.92 Å². The van der Waals surface area contributed by atoms with Crippen molar-refractivity contribution >= 4 is 33.3 Å². The van der Waals surface area contributed by atoms with Gasteiger partial charge in [-0.2, -0.15) is 0 Å². The van der Waals surface area contributed by atoms with Crippen molar-refractivity contribution in [3.8, 4) is 22.9 Å². The predicted molar refractivity (Wildman–Crippen MR) is 82.4 cm³/mol. The summed E-state index contributed by atoms with van der Waals surface area (Å²) in [5.41, 5.74) is 7.29. The fourth-order valence-electron chi connectivity index (χ4n) is 1.76. The lowest BCUT2D eigenvalue weighted by Crippen LogP contribution is -2.00. The van der Waals surface area contributed by atoms with Gasteiger partial charge in [0.1, 0.15) is 5.82 Å². The smallest absolute Gasteiger partial charge is 0.179 e. The van der Waals surface area contributed by atoms with Gasteiger partial charge in [-0.15, -0.1) is 0 Å². The predicted octanol–water partition coefficient (Wildman–Crippen LogP) is 3.47. The Labute approximate surface area is 130 Å². The van der Waals surface area contributed by atoms with E-state index in [1.165, 1.54) is 7.11 Å². The number of nitrogens with zero attached hydrogens (tertiary/aromatic N) is 2. The van der Waals surface area contributed by atoms with E-state index in [9.17, 15) is 0 Å².